The number of rotatable bonds is 5. The second-order valence-electron chi connectivity index (χ2n) is 6.78. The van der Waals surface area contributed by atoms with E-state index < -0.39 is 36.0 Å². The minimum atomic E-state index is -4.37. The van der Waals surface area contributed by atoms with Gasteiger partial charge in [0.25, 0.3) is 0 Å². The fourth-order valence-electron chi connectivity index (χ4n) is 3.06. The SMILES string of the molecule is CCCO[C@@H]1[C@@H](Cc2ccc(C(F)(F)F)cc2)COC[C@H](N)C(=O)O[C@H]1C.Cl. The van der Waals surface area contributed by atoms with Gasteiger partial charge in [0.05, 0.1) is 24.9 Å². The van der Waals surface area contributed by atoms with E-state index in [1.165, 1.54) is 12.1 Å². The van der Waals surface area contributed by atoms with Crippen LogP contribution in [0.5, 0.6) is 0 Å². The number of hydrogen-bond donors (Lipinski definition) is 1. The number of hydrogen-bond acceptors (Lipinski definition) is 5. The maximum Gasteiger partial charge on any atom is 0.416 e. The molecule has 1 fully saturated rings. The van der Waals surface area contributed by atoms with E-state index in [-0.39, 0.29) is 31.5 Å². The number of alkyl halides is 3. The lowest BCUT2D eigenvalue weighted by atomic mass is 9.91. The summed E-state index contributed by atoms with van der Waals surface area (Å²) < 4.78 is 55.1. The molecule has 1 aliphatic heterocycles. The van der Waals surface area contributed by atoms with Gasteiger partial charge in [-0.25, -0.2) is 0 Å². The van der Waals surface area contributed by atoms with Gasteiger partial charge < -0.3 is 19.9 Å². The Morgan fingerprint density at radius 2 is 1.86 bits per heavy atom. The van der Waals surface area contributed by atoms with Crippen LogP contribution in [0.2, 0.25) is 0 Å². The first-order chi connectivity index (χ1) is 12.7. The number of benzene rings is 1. The third-order valence-corrected chi connectivity index (χ3v) is 4.45. The van der Waals surface area contributed by atoms with Crippen LogP contribution in [0, 0.1) is 5.92 Å². The summed E-state index contributed by atoms with van der Waals surface area (Å²) in [5.74, 6) is -0.746. The number of carbonyl (C=O) groups excluding carboxylic acids is 1. The van der Waals surface area contributed by atoms with Crippen LogP contribution in [-0.2, 0) is 31.6 Å². The second kappa shape index (κ2) is 11.0. The van der Waals surface area contributed by atoms with Gasteiger partial charge in [-0.2, -0.15) is 13.2 Å². The third kappa shape index (κ3) is 6.92. The second-order valence-corrected chi connectivity index (χ2v) is 6.78. The predicted molar refractivity (Wildman–Crippen MR) is 100 cm³/mol. The highest BCUT2D eigenvalue weighted by Gasteiger charge is 2.34. The average Bonchev–Trinajstić information content (AvgIpc) is 2.64. The van der Waals surface area contributed by atoms with Gasteiger partial charge in [-0.3, -0.25) is 4.79 Å². The Morgan fingerprint density at radius 3 is 2.43 bits per heavy atom. The van der Waals surface area contributed by atoms with Crippen LogP contribution in [0.25, 0.3) is 0 Å². The molecule has 160 valence electrons. The quantitative estimate of drug-likeness (QED) is 0.732. The van der Waals surface area contributed by atoms with Crippen molar-refractivity contribution in [2.75, 3.05) is 19.8 Å². The number of carbonyl (C=O) groups is 1. The van der Waals surface area contributed by atoms with Gasteiger partial charge in [-0.05, 0) is 37.5 Å². The Labute approximate surface area is 169 Å². The molecule has 0 spiro atoms. The topological polar surface area (TPSA) is 70.8 Å². The van der Waals surface area contributed by atoms with Crippen molar-refractivity contribution in [3.05, 3.63) is 35.4 Å². The maximum absolute atomic E-state index is 12.7. The molecular weight excluding hydrogens is 399 g/mol. The van der Waals surface area contributed by atoms with E-state index in [1.807, 2.05) is 6.92 Å². The van der Waals surface area contributed by atoms with Gasteiger partial charge in [0.2, 0.25) is 0 Å². The van der Waals surface area contributed by atoms with Crippen molar-refractivity contribution in [3.63, 3.8) is 0 Å². The van der Waals surface area contributed by atoms with Gasteiger partial charge in [-0.15, -0.1) is 12.4 Å². The Balaban J connectivity index is 0.00000392. The minimum absolute atomic E-state index is 0. The fourth-order valence-corrected chi connectivity index (χ4v) is 3.06. The molecule has 2 rings (SSSR count). The van der Waals surface area contributed by atoms with Gasteiger partial charge in [0.15, 0.2) is 0 Å². The molecule has 1 aromatic rings. The van der Waals surface area contributed by atoms with Crippen molar-refractivity contribution in [2.45, 2.75) is 51.1 Å². The normalized spacial score (nSPS) is 26.4. The highest BCUT2D eigenvalue weighted by atomic mass is 35.5. The van der Waals surface area contributed by atoms with Crippen LogP contribution in [0.1, 0.15) is 31.4 Å². The van der Waals surface area contributed by atoms with Crippen molar-refractivity contribution in [1.82, 2.24) is 0 Å². The first-order valence-electron chi connectivity index (χ1n) is 9.04. The Bertz CT molecular complexity index is 612. The van der Waals surface area contributed by atoms with E-state index >= 15 is 0 Å². The van der Waals surface area contributed by atoms with Crippen LogP contribution in [0.15, 0.2) is 24.3 Å². The maximum atomic E-state index is 12.7. The molecule has 0 amide bonds. The summed E-state index contributed by atoms with van der Waals surface area (Å²) in [4.78, 5) is 12.0. The zero-order valence-corrected chi connectivity index (χ0v) is 16.7. The number of halogens is 4. The summed E-state index contributed by atoms with van der Waals surface area (Å²) in [6.07, 6.45) is -4.14. The van der Waals surface area contributed by atoms with E-state index in [2.05, 4.69) is 0 Å². The van der Waals surface area contributed by atoms with Crippen molar-refractivity contribution in [3.8, 4) is 0 Å². The summed E-state index contributed by atoms with van der Waals surface area (Å²) in [6.45, 7) is 4.46. The lowest BCUT2D eigenvalue weighted by Gasteiger charge is -2.30. The molecule has 0 bridgehead atoms. The molecule has 0 unspecified atom stereocenters. The standard InChI is InChI=1S/C19H26F3NO4.ClH/c1-3-8-26-17-12(2)27-18(24)16(23)11-25-10-14(17)9-13-4-6-15(7-5-13)19(20,21)22;/h4-7,12,14,16-17H,3,8-11,23H2,1-2H3;1H/t12-,14-,16-,17-;/m0./s1. The fraction of sp³-hybridized carbons (Fsp3) is 0.632. The molecule has 1 aromatic carbocycles. The van der Waals surface area contributed by atoms with Gasteiger partial charge in [0.1, 0.15) is 12.1 Å². The summed E-state index contributed by atoms with van der Waals surface area (Å²) in [6, 6.07) is 4.16. The molecule has 1 heterocycles. The molecule has 2 N–H and O–H groups in total. The molecular formula is C19H27ClF3NO4. The lowest BCUT2D eigenvalue weighted by Crippen LogP contribution is -2.42. The van der Waals surface area contributed by atoms with E-state index in [9.17, 15) is 18.0 Å². The molecule has 1 saturated heterocycles. The predicted octanol–water partition coefficient (Wildman–Crippen LogP) is 3.37. The highest BCUT2D eigenvalue weighted by molar-refractivity contribution is 5.85. The summed E-state index contributed by atoms with van der Waals surface area (Å²) in [7, 11) is 0. The van der Waals surface area contributed by atoms with Crippen LogP contribution in [0.4, 0.5) is 13.2 Å². The first-order valence-corrected chi connectivity index (χ1v) is 9.04. The van der Waals surface area contributed by atoms with Crippen molar-refractivity contribution in [1.29, 1.82) is 0 Å². The van der Waals surface area contributed by atoms with E-state index in [4.69, 9.17) is 19.9 Å². The highest BCUT2D eigenvalue weighted by Crippen LogP contribution is 2.30. The molecule has 9 heteroatoms. The molecule has 0 saturated carbocycles. The number of nitrogens with two attached hydrogens (primary N) is 1. The number of cyclic esters (lactones) is 1. The van der Waals surface area contributed by atoms with Crippen LogP contribution in [-0.4, -0.2) is 44.0 Å². The number of esters is 1. The zero-order valence-electron chi connectivity index (χ0n) is 15.9. The third-order valence-electron chi connectivity index (χ3n) is 4.45. The van der Waals surface area contributed by atoms with E-state index in [0.717, 1.165) is 24.1 Å². The monoisotopic (exact) mass is 425 g/mol. The molecule has 0 radical (unpaired) electrons. The Hall–Kier alpha value is -1.35. The summed E-state index contributed by atoms with van der Waals surface area (Å²) in [5.41, 5.74) is 5.77. The number of ether oxygens (including phenoxy) is 3. The van der Waals surface area contributed by atoms with Gasteiger partial charge in [-0.1, -0.05) is 19.1 Å². The van der Waals surface area contributed by atoms with Crippen molar-refractivity contribution in [2.24, 2.45) is 11.7 Å². The van der Waals surface area contributed by atoms with Gasteiger partial charge in [0, 0.05) is 12.5 Å². The largest absolute Gasteiger partial charge is 0.459 e. The Kier molecular flexibility index (Phi) is 9.69. The average molecular weight is 426 g/mol. The molecule has 0 aliphatic carbocycles. The van der Waals surface area contributed by atoms with Crippen LogP contribution >= 0.6 is 12.4 Å². The molecule has 5 nitrogen and oxygen atoms in total. The first kappa shape index (κ1) is 24.7. The molecule has 1 aliphatic rings. The van der Waals surface area contributed by atoms with E-state index in [1.54, 1.807) is 6.92 Å². The molecule has 28 heavy (non-hydrogen) atoms. The van der Waals surface area contributed by atoms with Crippen molar-refractivity contribution < 1.29 is 32.2 Å². The minimum Gasteiger partial charge on any atom is -0.459 e. The van der Waals surface area contributed by atoms with E-state index in [0.29, 0.717) is 13.0 Å². The molecule has 4 atom stereocenters. The van der Waals surface area contributed by atoms with Crippen LogP contribution in [0.3, 0.4) is 0 Å². The zero-order chi connectivity index (χ0) is 20.0. The lowest BCUT2D eigenvalue weighted by molar-refractivity contribution is -0.159. The summed E-state index contributed by atoms with van der Waals surface area (Å²) in [5, 5.41) is 0. The summed E-state index contributed by atoms with van der Waals surface area (Å²) >= 11 is 0. The molecule has 0 aromatic heterocycles. The van der Waals surface area contributed by atoms with Gasteiger partial charge >= 0.3 is 12.1 Å². The Morgan fingerprint density at radius 1 is 1.21 bits per heavy atom. The smallest absolute Gasteiger partial charge is 0.416 e. The van der Waals surface area contributed by atoms with Crippen molar-refractivity contribution >= 4 is 18.4 Å². The van der Waals surface area contributed by atoms with Crippen LogP contribution < -0.4 is 5.73 Å².